The van der Waals surface area contributed by atoms with Gasteiger partial charge in [-0.3, -0.25) is 13.8 Å². The van der Waals surface area contributed by atoms with Crippen molar-refractivity contribution >= 4 is 13.8 Å². The molecule has 9 heteroatoms. The molecule has 0 fully saturated rings. The minimum absolute atomic E-state index is 0.0910. The lowest BCUT2D eigenvalue weighted by atomic mass is 10.0. The van der Waals surface area contributed by atoms with E-state index in [1.807, 2.05) is 0 Å². The molecule has 0 saturated carbocycles. The molecule has 0 spiro atoms. The number of unbranched alkanes of at least 4 members (excludes halogenated alkanes) is 19. The maximum Gasteiger partial charge on any atom is 0.472 e. The summed E-state index contributed by atoms with van der Waals surface area (Å²) in [7, 11) is -4.25. The Balaban J connectivity index is 4.09. The number of esters is 1. The Labute approximate surface area is 246 Å². The second kappa shape index (κ2) is 30.0. The maximum atomic E-state index is 12.4. The number of carbonyl (C=O) groups is 1. The van der Waals surface area contributed by atoms with Crippen LogP contribution in [0.15, 0.2) is 0 Å². The predicted octanol–water partition coefficient (Wildman–Crippen LogP) is 8.63. The van der Waals surface area contributed by atoms with Gasteiger partial charge in [0.05, 0.1) is 19.8 Å². The first-order valence-electron chi connectivity index (χ1n) is 16.5. The Hall–Kier alpha value is -0.500. The number of hydrogen-bond donors (Lipinski definition) is 2. The molecule has 2 unspecified atom stereocenters. The molecule has 0 aromatic carbocycles. The first kappa shape index (κ1) is 39.5. The Kier molecular flexibility index (Phi) is 29.6. The highest BCUT2D eigenvalue weighted by atomic mass is 31.2. The van der Waals surface area contributed by atoms with Gasteiger partial charge in [-0.25, -0.2) is 4.57 Å². The SMILES string of the molecule is CCCCCCCCCCCCCCCOCC(COP(=O)(O)OCCN)OC(=O)CCCCCCCCCC. The van der Waals surface area contributed by atoms with E-state index in [4.69, 9.17) is 24.3 Å². The van der Waals surface area contributed by atoms with Crippen LogP contribution in [0.5, 0.6) is 0 Å². The fraction of sp³-hybridized carbons (Fsp3) is 0.968. The Morgan fingerprint density at radius 2 is 1.10 bits per heavy atom. The zero-order valence-electron chi connectivity index (χ0n) is 26.1. The van der Waals surface area contributed by atoms with E-state index in [1.54, 1.807) is 0 Å². The number of hydrogen-bond acceptors (Lipinski definition) is 7. The molecule has 0 amide bonds. The number of ether oxygens (including phenoxy) is 2. The number of phosphoric acid groups is 1. The number of nitrogens with two attached hydrogens (primary N) is 1. The second-order valence-corrected chi connectivity index (χ2v) is 12.5. The predicted molar refractivity (Wildman–Crippen MR) is 164 cm³/mol. The third-order valence-corrected chi connectivity index (χ3v) is 8.01. The van der Waals surface area contributed by atoms with Crippen molar-refractivity contribution in [2.24, 2.45) is 5.73 Å². The van der Waals surface area contributed by atoms with E-state index in [-0.39, 0.29) is 32.3 Å². The summed E-state index contributed by atoms with van der Waals surface area (Å²) in [6.07, 6.45) is 25.4. The molecular formula is C31H64NO7P. The van der Waals surface area contributed by atoms with Gasteiger partial charge in [-0.15, -0.1) is 0 Å². The van der Waals surface area contributed by atoms with Crippen molar-refractivity contribution in [3.63, 3.8) is 0 Å². The van der Waals surface area contributed by atoms with Crippen LogP contribution in [0.2, 0.25) is 0 Å². The number of rotatable bonds is 32. The van der Waals surface area contributed by atoms with E-state index in [9.17, 15) is 14.3 Å². The first-order valence-corrected chi connectivity index (χ1v) is 18.0. The van der Waals surface area contributed by atoms with Crippen LogP contribution < -0.4 is 5.73 Å². The van der Waals surface area contributed by atoms with Crippen LogP contribution in [0.1, 0.15) is 155 Å². The van der Waals surface area contributed by atoms with Crippen molar-refractivity contribution < 1.29 is 32.8 Å². The normalized spacial score (nSPS) is 13.8. The molecule has 0 saturated heterocycles. The quantitative estimate of drug-likeness (QED) is 0.0452. The van der Waals surface area contributed by atoms with Crippen molar-refractivity contribution in [2.75, 3.05) is 33.0 Å². The standard InChI is InChI=1S/C31H64NO7P/c1-3-5-7-9-11-13-14-15-16-17-19-21-23-26-36-28-30(29-38-40(34,35)37-27-25-32)39-31(33)24-22-20-18-12-10-8-6-4-2/h30H,3-29,32H2,1-2H3,(H,34,35). The van der Waals surface area contributed by atoms with E-state index in [1.165, 1.54) is 103 Å². The van der Waals surface area contributed by atoms with Crippen LogP contribution in [-0.2, 0) is 27.9 Å². The minimum Gasteiger partial charge on any atom is -0.457 e. The molecule has 0 bridgehead atoms. The van der Waals surface area contributed by atoms with E-state index in [0.29, 0.717) is 13.0 Å². The molecule has 0 aliphatic heterocycles. The maximum absolute atomic E-state index is 12.4. The summed E-state index contributed by atoms with van der Waals surface area (Å²) in [5.74, 6) is -0.334. The lowest BCUT2D eigenvalue weighted by Crippen LogP contribution is -2.28. The van der Waals surface area contributed by atoms with Crippen molar-refractivity contribution in [3.8, 4) is 0 Å². The van der Waals surface area contributed by atoms with Crippen molar-refractivity contribution in [1.29, 1.82) is 0 Å². The molecule has 2 atom stereocenters. The highest BCUT2D eigenvalue weighted by Gasteiger charge is 2.25. The van der Waals surface area contributed by atoms with Crippen LogP contribution in [0.25, 0.3) is 0 Å². The van der Waals surface area contributed by atoms with Crippen LogP contribution in [-0.4, -0.2) is 49.9 Å². The summed E-state index contributed by atoms with van der Waals surface area (Å²) in [4.78, 5) is 22.2. The molecule has 0 aromatic heterocycles. The summed E-state index contributed by atoms with van der Waals surface area (Å²) in [5.41, 5.74) is 5.32. The summed E-state index contributed by atoms with van der Waals surface area (Å²) in [5, 5.41) is 0. The zero-order chi connectivity index (χ0) is 29.6. The van der Waals surface area contributed by atoms with E-state index < -0.39 is 13.9 Å². The third-order valence-electron chi connectivity index (χ3n) is 7.02. The highest BCUT2D eigenvalue weighted by molar-refractivity contribution is 7.47. The van der Waals surface area contributed by atoms with Gasteiger partial charge in [-0.2, -0.15) is 0 Å². The van der Waals surface area contributed by atoms with Gasteiger partial charge < -0.3 is 20.1 Å². The minimum atomic E-state index is -4.25. The van der Waals surface area contributed by atoms with Crippen molar-refractivity contribution in [2.45, 2.75) is 161 Å². The monoisotopic (exact) mass is 593 g/mol. The van der Waals surface area contributed by atoms with Gasteiger partial charge >= 0.3 is 13.8 Å². The molecule has 3 N–H and O–H groups in total. The topological polar surface area (TPSA) is 117 Å². The lowest BCUT2D eigenvalue weighted by molar-refractivity contribution is -0.154. The fourth-order valence-corrected chi connectivity index (χ4v) is 5.35. The molecule has 40 heavy (non-hydrogen) atoms. The Morgan fingerprint density at radius 3 is 1.57 bits per heavy atom. The average Bonchev–Trinajstić information content (AvgIpc) is 2.94. The van der Waals surface area contributed by atoms with Gasteiger partial charge in [0, 0.05) is 19.6 Å². The number of carbonyl (C=O) groups excluding carboxylic acids is 1. The van der Waals surface area contributed by atoms with E-state index in [0.717, 1.165) is 32.1 Å². The molecule has 0 radical (unpaired) electrons. The average molecular weight is 594 g/mol. The van der Waals surface area contributed by atoms with E-state index in [2.05, 4.69) is 13.8 Å². The molecule has 240 valence electrons. The van der Waals surface area contributed by atoms with Crippen molar-refractivity contribution in [3.05, 3.63) is 0 Å². The Morgan fingerprint density at radius 1 is 0.650 bits per heavy atom. The largest absolute Gasteiger partial charge is 0.472 e. The van der Waals surface area contributed by atoms with Gasteiger partial charge in [-0.05, 0) is 12.8 Å². The van der Waals surface area contributed by atoms with Gasteiger partial charge in [-0.1, -0.05) is 136 Å². The molecule has 0 aromatic rings. The molecule has 0 aliphatic rings. The fourth-order valence-electron chi connectivity index (χ4n) is 4.58. The zero-order valence-corrected chi connectivity index (χ0v) is 27.0. The van der Waals surface area contributed by atoms with Gasteiger partial charge in [0.25, 0.3) is 0 Å². The molecule has 0 rings (SSSR count). The summed E-state index contributed by atoms with van der Waals surface area (Å²) in [6.45, 7) is 4.90. The lowest BCUT2D eigenvalue weighted by Gasteiger charge is -2.20. The Bertz CT molecular complexity index is 594. The van der Waals surface area contributed by atoms with Gasteiger partial charge in [0.2, 0.25) is 0 Å². The van der Waals surface area contributed by atoms with E-state index >= 15 is 0 Å². The van der Waals surface area contributed by atoms with Crippen LogP contribution in [0, 0.1) is 0 Å². The van der Waals surface area contributed by atoms with Crippen molar-refractivity contribution in [1.82, 2.24) is 0 Å². The molecule has 0 aliphatic carbocycles. The number of phosphoric ester groups is 1. The third kappa shape index (κ3) is 29.0. The second-order valence-electron chi connectivity index (χ2n) is 11.0. The molecule has 8 nitrogen and oxygen atoms in total. The summed E-state index contributed by atoms with van der Waals surface area (Å²) >= 11 is 0. The highest BCUT2D eigenvalue weighted by Crippen LogP contribution is 2.43. The molecular weight excluding hydrogens is 529 g/mol. The first-order chi connectivity index (χ1) is 19.4. The summed E-state index contributed by atoms with van der Waals surface area (Å²) in [6, 6.07) is 0. The van der Waals surface area contributed by atoms with Crippen LogP contribution >= 0.6 is 7.82 Å². The van der Waals surface area contributed by atoms with Crippen LogP contribution in [0.3, 0.4) is 0 Å². The molecule has 0 heterocycles. The summed E-state index contributed by atoms with van der Waals surface area (Å²) < 4.78 is 33.1. The van der Waals surface area contributed by atoms with Gasteiger partial charge in [0.1, 0.15) is 6.10 Å². The van der Waals surface area contributed by atoms with Crippen LogP contribution in [0.4, 0.5) is 0 Å². The smallest absolute Gasteiger partial charge is 0.457 e. The van der Waals surface area contributed by atoms with Gasteiger partial charge in [0.15, 0.2) is 0 Å².